The van der Waals surface area contributed by atoms with Crippen LogP contribution < -0.4 is 10.9 Å². The van der Waals surface area contributed by atoms with E-state index in [1.165, 1.54) is 0 Å². The predicted octanol–water partition coefficient (Wildman–Crippen LogP) is 4.48. The fraction of sp³-hybridized carbons (Fsp3) is 0.206. The fourth-order valence-electron chi connectivity index (χ4n) is 6.55. The highest BCUT2D eigenvalue weighted by Gasteiger charge is 2.44. The van der Waals surface area contributed by atoms with Crippen molar-refractivity contribution in [2.75, 3.05) is 0 Å². The minimum absolute atomic E-state index is 0.0763. The van der Waals surface area contributed by atoms with Crippen LogP contribution in [0.4, 0.5) is 0 Å². The van der Waals surface area contributed by atoms with Crippen molar-refractivity contribution in [2.24, 2.45) is 7.05 Å². The van der Waals surface area contributed by atoms with Crippen LogP contribution in [0.1, 0.15) is 75.6 Å². The van der Waals surface area contributed by atoms with Gasteiger partial charge in [-0.15, -0.1) is 0 Å². The van der Waals surface area contributed by atoms with E-state index in [1.54, 1.807) is 45.3 Å². The highest BCUT2D eigenvalue weighted by Crippen LogP contribution is 2.55. The summed E-state index contributed by atoms with van der Waals surface area (Å²) in [4.78, 5) is 32.9. The van der Waals surface area contributed by atoms with Crippen molar-refractivity contribution in [3.63, 3.8) is 0 Å². The van der Waals surface area contributed by atoms with Gasteiger partial charge in [0.05, 0.1) is 46.8 Å². The Labute approximate surface area is 251 Å². The predicted molar refractivity (Wildman–Crippen MR) is 164 cm³/mol. The van der Waals surface area contributed by atoms with Gasteiger partial charge in [0, 0.05) is 54.3 Å². The van der Waals surface area contributed by atoms with Crippen LogP contribution in [-0.4, -0.2) is 34.9 Å². The lowest BCUT2D eigenvalue weighted by Crippen LogP contribution is -2.38. The zero-order valence-electron chi connectivity index (χ0n) is 24.3. The monoisotopic (exact) mass is 581 g/mol. The number of nitrogens with zero attached hydrogens (tertiary/aromatic N) is 6. The zero-order valence-corrected chi connectivity index (χ0v) is 24.3. The summed E-state index contributed by atoms with van der Waals surface area (Å²) in [5.74, 6) is 6.10. The van der Waals surface area contributed by atoms with Crippen LogP contribution in [0, 0.1) is 18.8 Å². The lowest BCUT2D eigenvalue weighted by atomic mass is 9.78. The molecule has 3 aliphatic rings. The lowest BCUT2D eigenvalue weighted by Gasteiger charge is -2.44. The van der Waals surface area contributed by atoms with Crippen LogP contribution >= 0.6 is 0 Å². The standard InChI is InChI=1S/C34H27N7O3/c1-19-27(32-35-14-7-15-40(32)38-19)33(42)37-20(2)31-30-26-16-25(44-26)24-13-12-22(11-10-21-17-36-39(3)18-21)28(29(24)30)34(43)41(31)23-8-5-4-6-9-23/h4-9,12-15,17-18,20,25-26H,16H2,1-3H3,(H,37,42)/t20-,25?,26?/m0/s1. The number of hydrogen-bond acceptors (Lipinski definition) is 6. The number of nitrogens with one attached hydrogen (secondary N) is 1. The molecule has 10 heteroatoms. The summed E-state index contributed by atoms with van der Waals surface area (Å²) < 4.78 is 11.3. The first-order chi connectivity index (χ1) is 21.4. The quantitative estimate of drug-likeness (QED) is 0.308. The molecule has 0 radical (unpaired) electrons. The number of ether oxygens (including phenoxy) is 1. The minimum atomic E-state index is -0.563. The maximum atomic E-state index is 14.7. The number of para-hydroxylation sites is 1. The molecule has 2 bridgehead atoms. The molecule has 1 amide bonds. The molecule has 2 unspecified atom stereocenters. The first kappa shape index (κ1) is 26.1. The summed E-state index contributed by atoms with van der Waals surface area (Å²) in [7, 11) is 1.84. The summed E-state index contributed by atoms with van der Waals surface area (Å²) in [5, 5.41) is 13.3. The van der Waals surface area contributed by atoms with Gasteiger partial charge in [-0.2, -0.15) is 10.2 Å². The Morgan fingerprint density at radius 2 is 1.91 bits per heavy atom. The van der Waals surface area contributed by atoms with Crippen molar-refractivity contribution in [1.82, 2.24) is 34.3 Å². The van der Waals surface area contributed by atoms with E-state index in [4.69, 9.17) is 4.74 Å². The second-order valence-electron chi connectivity index (χ2n) is 11.3. The summed E-state index contributed by atoms with van der Waals surface area (Å²) >= 11 is 0. The average Bonchev–Trinajstić information content (AvgIpc) is 3.58. The third-order valence-electron chi connectivity index (χ3n) is 8.48. The van der Waals surface area contributed by atoms with E-state index in [0.717, 1.165) is 28.5 Å². The van der Waals surface area contributed by atoms with E-state index in [9.17, 15) is 9.59 Å². The largest absolute Gasteiger partial charge is 0.365 e. The normalized spacial score (nSPS) is 17.2. The van der Waals surface area contributed by atoms with Crippen molar-refractivity contribution in [3.8, 4) is 17.5 Å². The molecule has 44 heavy (non-hydrogen) atoms. The maximum absolute atomic E-state index is 14.7. The molecule has 4 aromatic heterocycles. The molecular formula is C34H27N7O3. The molecule has 1 saturated heterocycles. The lowest BCUT2D eigenvalue weighted by molar-refractivity contribution is -0.135. The van der Waals surface area contributed by atoms with Crippen molar-refractivity contribution in [2.45, 2.75) is 38.5 Å². The topological polar surface area (TPSA) is 108 Å². The van der Waals surface area contributed by atoms with Gasteiger partial charge >= 0.3 is 0 Å². The van der Waals surface area contributed by atoms with Gasteiger partial charge in [0.15, 0.2) is 5.65 Å². The molecular weight excluding hydrogens is 554 g/mol. The Hall–Kier alpha value is -5.53. The molecule has 6 aromatic rings. The number of aromatic nitrogens is 6. The third-order valence-corrected chi connectivity index (χ3v) is 8.48. The van der Waals surface area contributed by atoms with Crippen molar-refractivity contribution >= 4 is 22.3 Å². The second-order valence-corrected chi connectivity index (χ2v) is 11.3. The molecule has 10 nitrogen and oxygen atoms in total. The molecule has 2 aromatic carbocycles. The van der Waals surface area contributed by atoms with Gasteiger partial charge in [0.25, 0.3) is 11.5 Å². The smallest absolute Gasteiger partial charge is 0.264 e. The summed E-state index contributed by atoms with van der Waals surface area (Å²) in [6, 6.07) is 14.6. The Bertz CT molecular complexity index is 2260. The maximum Gasteiger partial charge on any atom is 0.264 e. The number of aryl methyl sites for hydroxylation is 2. The summed E-state index contributed by atoms with van der Waals surface area (Å²) in [6.07, 6.45) is 7.46. The molecule has 1 aliphatic carbocycles. The Morgan fingerprint density at radius 1 is 1.09 bits per heavy atom. The van der Waals surface area contributed by atoms with E-state index >= 15 is 0 Å². The van der Waals surface area contributed by atoms with Crippen LogP contribution in [0.3, 0.4) is 0 Å². The first-order valence-electron chi connectivity index (χ1n) is 14.5. The SMILES string of the molecule is Cc1nn2cccnc2c1C(=O)N[C@@H](C)c1c2c3c(ccc(C#Cc4cnn(C)c4)c3c(=O)n1-c1ccccc1)C1CC2O1. The number of hydrogen-bond donors (Lipinski definition) is 1. The molecule has 0 saturated carbocycles. The summed E-state index contributed by atoms with van der Waals surface area (Å²) in [5.41, 5.74) is 5.91. The number of carbonyl (C=O) groups is 1. The average molecular weight is 582 g/mol. The number of fused-ring (bicyclic) bond motifs is 1. The Morgan fingerprint density at radius 3 is 2.68 bits per heavy atom. The fourth-order valence-corrected chi connectivity index (χ4v) is 6.55. The van der Waals surface area contributed by atoms with E-state index in [1.807, 2.05) is 62.6 Å². The molecule has 3 atom stereocenters. The molecule has 9 rings (SSSR count). The highest BCUT2D eigenvalue weighted by atomic mass is 16.5. The Balaban J connectivity index is 1.35. The van der Waals surface area contributed by atoms with E-state index in [-0.39, 0.29) is 23.7 Å². The van der Waals surface area contributed by atoms with Gasteiger partial charge in [0.1, 0.15) is 5.56 Å². The van der Waals surface area contributed by atoms with Gasteiger partial charge in [-0.05, 0) is 43.7 Å². The van der Waals surface area contributed by atoms with Gasteiger partial charge in [-0.1, -0.05) is 36.1 Å². The number of rotatable bonds is 4. The van der Waals surface area contributed by atoms with Gasteiger partial charge < -0.3 is 10.1 Å². The second kappa shape index (κ2) is 9.76. The number of amides is 1. The van der Waals surface area contributed by atoms with Crippen molar-refractivity contribution in [3.05, 3.63) is 123 Å². The third kappa shape index (κ3) is 3.90. The van der Waals surface area contributed by atoms with Crippen LogP contribution in [0.5, 0.6) is 0 Å². The highest BCUT2D eigenvalue weighted by molar-refractivity contribution is 6.01. The molecule has 2 aliphatic heterocycles. The van der Waals surface area contributed by atoms with E-state index < -0.39 is 6.04 Å². The van der Waals surface area contributed by atoms with Crippen molar-refractivity contribution < 1.29 is 9.53 Å². The van der Waals surface area contributed by atoms with Crippen LogP contribution in [-0.2, 0) is 11.8 Å². The molecule has 1 fully saturated rings. The Kier molecular flexibility index (Phi) is 5.79. The summed E-state index contributed by atoms with van der Waals surface area (Å²) in [6.45, 7) is 3.69. The molecule has 1 N–H and O–H groups in total. The minimum Gasteiger partial charge on any atom is -0.365 e. The first-order valence-corrected chi connectivity index (χ1v) is 14.5. The zero-order chi connectivity index (χ0) is 30.1. The molecule has 0 spiro atoms. The van der Waals surface area contributed by atoms with Crippen LogP contribution in [0.25, 0.3) is 22.1 Å². The van der Waals surface area contributed by atoms with Gasteiger partial charge in [-0.25, -0.2) is 9.50 Å². The molecule has 6 heterocycles. The van der Waals surface area contributed by atoms with Crippen LogP contribution in [0.15, 0.2) is 78.1 Å². The van der Waals surface area contributed by atoms with E-state index in [0.29, 0.717) is 39.2 Å². The van der Waals surface area contributed by atoms with E-state index in [2.05, 4.69) is 32.3 Å². The molecule has 216 valence electrons. The number of carbonyl (C=O) groups excluding carboxylic acids is 1. The van der Waals surface area contributed by atoms with Crippen LogP contribution in [0.2, 0.25) is 0 Å². The van der Waals surface area contributed by atoms with Crippen molar-refractivity contribution in [1.29, 1.82) is 0 Å². The number of pyridine rings is 1. The number of benzene rings is 2. The van der Waals surface area contributed by atoms with Gasteiger partial charge in [0.2, 0.25) is 0 Å². The van der Waals surface area contributed by atoms with Gasteiger partial charge in [-0.3, -0.25) is 18.8 Å².